The van der Waals surface area contributed by atoms with Crippen molar-refractivity contribution in [1.82, 2.24) is 4.41 Å². The molecule has 0 saturated carbocycles. The summed E-state index contributed by atoms with van der Waals surface area (Å²) in [5.74, 6) is -0.545. The molecule has 0 saturated heterocycles. The molecule has 0 amide bonds. The number of nitrogens with one attached hydrogen (secondary N) is 1. The van der Waals surface area contributed by atoms with Crippen LogP contribution in [0.1, 0.15) is 30.5 Å². The molecule has 0 spiro atoms. The van der Waals surface area contributed by atoms with E-state index in [2.05, 4.69) is 9.82 Å². The first kappa shape index (κ1) is 24.2. The summed E-state index contributed by atoms with van der Waals surface area (Å²) in [4.78, 5) is 0.00706. The van der Waals surface area contributed by atoms with Crippen molar-refractivity contribution >= 4 is 43.0 Å². The maximum atomic E-state index is 14.0. The van der Waals surface area contributed by atoms with Gasteiger partial charge in [-0.2, -0.15) is 17.9 Å². The number of sulfonamides is 2. The topological polar surface area (TPSA) is 95.9 Å². The first-order valence-corrected chi connectivity index (χ1v) is 13.8. The van der Waals surface area contributed by atoms with Crippen molar-refractivity contribution in [3.05, 3.63) is 94.8 Å². The van der Waals surface area contributed by atoms with Crippen molar-refractivity contribution in [3.8, 4) is 0 Å². The highest BCUT2D eigenvalue weighted by Gasteiger charge is 2.37. The molecule has 0 unspecified atom stereocenters. The fourth-order valence-electron chi connectivity index (χ4n) is 3.54. The third-order valence-electron chi connectivity index (χ3n) is 5.34. The molecule has 1 aliphatic rings. The molecule has 0 bridgehead atoms. The highest BCUT2D eigenvalue weighted by molar-refractivity contribution is 7.92. The molecule has 0 aromatic heterocycles. The van der Waals surface area contributed by atoms with E-state index in [1.54, 1.807) is 30.3 Å². The van der Waals surface area contributed by atoms with E-state index >= 15 is 0 Å². The van der Waals surface area contributed by atoms with Crippen molar-refractivity contribution in [1.29, 1.82) is 0 Å². The first-order valence-electron chi connectivity index (χ1n) is 10.3. The van der Waals surface area contributed by atoms with Gasteiger partial charge in [-0.25, -0.2) is 12.8 Å². The SMILES string of the molecule is CCS(=O)(=O)Nc1ccc(C2=NN(S(=O)(=O)c3ccc(Cl)cc3)[C@H](c3cccc(F)c3)C2)cc1. The van der Waals surface area contributed by atoms with Crippen molar-refractivity contribution in [3.63, 3.8) is 0 Å². The van der Waals surface area contributed by atoms with E-state index < -0.39 is 31.9 Å². The van der Waals surface area contributed by atoms with Gasteiger partial charge in [0.25, 0.3) is 10.0 Å². The first-order chi connectivity index (χ1) is 16.1. The lowest BCUT2D eigenvalue weighted by Crippen LogP contribution is -2.27. The maximum absolute atomic E-state index is 14.0. The molecule has 4 rings (SSSR count). The van der Waals surface area contributed by atoms with Crippen LogP contribution in [0.5, 0.6) is 0 Å². The largest absolute Gasteiger partial charge is 0.284 e. The second-order valence-corrected chi connectivity index (χ2v) is 11.9. The van der Waals surface area contributed by atoms with Crippen LogP contribution in [0.15, 0.2) is 82.8 Å². The summed E-state index contributed by atoms with van der Waals surface area (Å²) in [6.45, 7) is 1.53. The highest BCUT2D eigenvalue weighted by Crippen LogP contribution is 2.37. The molecule has 1 N–H and O–H groups in total. The van der Waals surface area contributed by atoms with E-state index in [9.17, 15) is 21.2 Å². The molecule has 11 heteroatoms. The van der Waals surface area contributed by atoms with Crippen LogP contribution in [-0.2, 0) is 20.0 Å². The minimum absolute atomic E-state index is 0.00706. The van der Waals surface area contributed by atoms with Gasteiger partial charge in [-0.15, -0.1) is 0 Å². The summed E-state index contributed by atoms with van der Waals surface area (Å²) < 4.78 is 67.9. The van der Waals surface area contributed by atoms with Crippen LogP contribution in [0.2, 0.25) is 5.02 Å². The van der Waals surface area contributed by atoms with Gasteiger partial charge in [0.1, 0.15) is 5.82 Å². The van der Waals surface area contributed by atoms with Gasteiger partial charge in [-0.05, 0) is 66.6 Å². The zero-order valence-electron chi connectivity index (χ0n) is 18.0. The Hall–Kier alpha value is -2.95. The van der Waals surface area contributed by atoms with Crippen molar-refractivity contribution in [2.45, 2.75) is 24.3 Å². The minimum Gasteiger partial charge on any atom is -0.284 e. The Morgan fingerprint density at radius 3 is 2.32 bits per heavy atom. The third-order valence-corrected chi connectivity index (χ3v) is 8.59. The zero-order chi connectivity index (χ0) is 24.5. The lowest BCUT2D eigenvalue weighted by atomic mass is 9.99. The van der Waals surface area contributed by atoms with E-state index in [4.69, 9.17) is 11.6 Å². The number of rotatable bonds is 7. The summed E-state index contributed by atoms with van der Waals surface area (Å²) in [5, 5.41) is 4.80. The Morgan fingerprint density at radius 1 is 1.03 bits per heavy atom. The molecule has 7 nitrogen and oxygen atoms in total. The Morgan fingerprint density at radius 2 is 1.71 bits per heavy atom. The second kappa shape index (κ2) is 9.36. The molecule has 1 atom stereocenters. The van der Waals surface area contributed by atoms with Crippen molar-refractivity contribution in [2.75, 3.05) is 10.5 Å². The zero-order valence-corrected chi connectivity index (χ0v) is 20.4. The minimum atomic E-state index is -4.07. The molecule has 178 valence electrons. The molecule has 1 aliphatic heterocycles. The number of hydrazone groups is 1. The number of benzene rings is 3. The van der Waals surface area contributed by atoms with Gasteiger partial charge in [0.15, 0.2) is 0 Å². The molecule has 3 aromatic carbocycles. The Bertz CT molecular complexity index is 1440. The summed E-state index contributed by atoms with van der Waals surface area (Å²) in [6, 6.07) is 17.2. The fraction of sp³-hybridized carbons (Fsp3) is 0.174. The summed E-state index contributed by atoms with van der Waals surface area (Å²) in [7, 11) is -7.50. The third kappa shape index (κ3) is 5.08. The average Bonchev–Trinajstić information content (AvgIpc) is 3.26. The van der Waals surface area contributed by atoms with Gasteiger partial charge >= 0.3 is 0 Å². The highest BCUT2D eigenvalue weighted by atomic mass is 35.5. The number of hydrogen-bond acceptors (Lipinski definition) is 5. The Balaban J connectivity index is 1.72. The lowest BCUT2D eigenvalue weighted by molar-refractivity contribution is 0.370. The second-order valence-electron chi connectivity index (χ2n) is 7.64. The molecule has 0 fully saturated rings. The molecule has 3 aromatic rings. The molecule has 1 heterocycles. The Labute approximate surface area is 203 Å². The van der Waals surface area contributed by atoms with Crippen LogP contribution in [-0.4, -0.2) is 32.7 Å². The Kier molecular flexibility index (Phi) is 6.66. The maximum Gasteiger partial charge on any atom is 0.279 e. The number of halogens is 2. The molecule has 0 radical (unpaired) electrons. The standard InChI is InChI=1S/C23H21ClFN3O4S2/c1-2-33(29,30)27-20-10-6-16(7-11-20)22-15-23(17-4-3-5-19(25)14-17)28(26-22)34(31,32)21-12-8-18(24)9-13-21/h3-14,23,27H,2,15H2,1H3/t23-/m0/s1. The van der Waals surface area contributed by atoms with Crippen LogP contribution < -0.4 is 4.72 Å². The van der Waals surface area contributed by atoms with Gasteiger partial charge in [0.2, 0.25) is 10.0 Å². The van der Waals surface area contributed by atoms with Gasteiger partial charge < -0.3 is 0 Å². The summed E-state index contributed by atoms with van der Waals surface area (Å²) in [6.07, 6.45) is 0.205. The van der Waals surface area contributed by atoms with Crippen molar-refractivity contribution in [2.24, 2.45) is 5.10 Å². The van der Waals surface area contributed by atoms with Crippen LogP contribution in [0.3, 0.4) is 0 Å². The number of hydrogen-bond donors (Lipinski definition) is 1. The van der Waals surface area contributed by atoms with E-state index in [0.29, 0.717) is 27.5 Å². The molecule has 0 aliphatic carbocycles. The van der Waals surface area contributed by atoms with E-state index in [0.717, 1.165) is 4.41 Å². The predicted octanol–water partition coefficient (Wildman–Crippen LogP) is 4.78. The van der Waals surface area contributed by atoms with Gasteiger partial charge in [-0.1, -0.05) is 35.9 Å². The number of nitrogens with zero attached hydrogens (tertiary/aromatic N) is 2. The predicted molar refractivity (Wildman–Crippen MR) is 130 cm³/mol. The van der Waals surface area contributed by atoms with Crippen LogP contribution in [0.4, 0.5) is 10.1 Å². The van der Waals surface area contributed by atoms with Gasteiger partial charge in [0, 0.05) is 17.1 Å². The average molecular weight is 522 g/mol. The lowest BCUT2D eigenvalue weighted by Gasteiger charge is -2.23. The van der Waals surface area contributed by atoms with Gasteiger partial charge in [-0.3, -0.25) is 4.72 Å². The van der Waals surface area contributed by atoms with E-state index in [1.165, 1.54) is 49.4 Å². The van der Waals surface area contributed by atoms with Crippen LogP contribution >= 0.6 is 11.6 Å². The van der Waals surface area contributed by atoms with E-state index in [-0.39, 0.29) is 17.1 Å². The van der Waals surface area contributed by atoms with Crippen LogP contribution in [0.25, 0.3) is 0 Å². The summed E-state index contributed by atoms with van der Waals surface area (Å²) >= 11 is 5.91. The van der Waals surface area contributed by atoms with Crippen LogP contribution in [0, 0.1) is 5.82 Å². The number of anilines is 1. The summed E-state index contributed by atoms with van der Waals surface area (Å²) in [5.41, 5.74) is 1.94. The van der Waals surface area contributed by atoms with Crippen molar-refractivity contribution < 1.29 is 21.2 Å². The smallest absolute Gasteiger partial charge is 0.279 e. The monoisotopic (exact) mass is 521 g/mol. The fourth-order valence-corrected chi connectivity index (χ4v) is 5.74. The van der Waals surface area contributed by atoms with Gasteiger partial charge in [0.05, 0.1) is 22.4 Å². The molecular formula is C23H21ClFN3O4S2. The quantitative estimate of drug-likeness (QED) is 0.484. The molecular weight excluding hydrogens is 501 g/mol. The normalized spacial score (nSPS) is 16.4. The van der Waals surface area contributed by atoms with E-state index in [1.807, 2.05) is 0 Å². The molecule has 34 heavy (non-hydrogen) atoms.